The van der Waals surface area contributed by atoms with E-state index in [0.29, 0.717) is 25.3 Å². The number of hydrogen-bond donors (Lipinski definition) is 1. The van der Waals surface area contributed by atoms with Gasteiger partial charge in [-0.25, -0.2) is 4.39 Å². The van der Waals surface area contributed by atoms with E-state index in [1.807, 2.05) is 6.92 Å². The lowest BCUT2D eigenvalue weighted by Crippen LogP contribution is -2.27. The van der Waals surface area contributed by atoms with E-state index in [1.165, 1.54) is 18.2 Å². The van der Waals surface area contributed by atoms with Gasteiger partial charge in [0, 0.05) is 18.7 Å². The van der Waals surface area contributed by atoms with Crippen LogP contribution in [-0.4, -0.2) is 25.7 Å². The van der Waals surface area contributed by atoms with Crippen LogP contribution in [0.25, 0.3) is 0 Å². The molecule has 0 unspecified atom stereocenters. The third-order valence-corrected chi connectivity index (χ3v) is 1.82. The summed E-state index contributed by atoms with van der Waals surface area (Å²) in [6.07, 6.45) is 0. The zero-order valence-corrected chi connectivity index (χ0v) is 8.63. The van der Waals surface area contributed by atoms with Crippen molar-refractivity contribution in [2.24, 2.45) is 0 Å². The van der Waals surface area contributed by atoms with Crippen LogP contribution in [0.15, 0.2) is 24.3 Å². The average molecular weight is 211 g/mol. The fraction of sp³-hybridized carbons (Fsp3) is 0.364. The van der Waals surface area contributed by atoms with E-state index >= 15 is 0 Å². The summed E-state index contributed by atoms with van der Waals surface area (Å²) in [5.41, 5.74) is 0.325. The maximum Gasteiger partial charge on any atom is 0.251 e. The minimum Gasteiger partial charge on any atom is -0.380 e. The van der Waals surface area contributed by atoms with Crippen LogP contribution in [0.3, 0.4) is 0 Å². The molecule has 0 aromatic heterocycles. The normalized spacial score (nSPS) is 10.0. The first-order valence-electron chi connectivity index (χ1n) is 4.85. The number of rotatable bonds is 5. The SMILES string of the molecule is CCOCCNC(=O)c1cccc(F)c1. The molecular formula is C11H14FNO2. The number of amides is 1. The van der Waals surface area contributed by atoms with Crippen molar-refractivity contribution in [1.82, 2.24) is 5.32 Å². The van der Waals surface area contributed by atoms with Gasteiger partial charge in [0.2, 0.25) is 0 Å². The molecule has 0 aliphatic rings. The van der Waals surface area contributed by atoms with Crippen molar-refractivity contribution >= 4 is 5.91 Å². The lowest BCUT2D eigenvalue weighted by molar-refractivity contribution is 0.0922. The Kier molecular flexibility index (Phi) is 4.77. The van der Waals surface area contributed by atoms with Crippen molar-refractivity contribution in [2.45, 2.75) is 6.92 Å². The highest BCUT2D eigenvalue weighted by Gasteiger charge is 2.04. The maximum atomic E-state index is 12.8. The molecule has 0 fully saturated rings. The van der Waals surface area contributed by atoms with Gasteiger partial charge in [-0.05, 0) is 25.1 Å². The maximum absolute atomic E-state index is 12.8. The van der Waals surface area contributed by atoms with Crippen molar-refractivity contribution in [1.29, 1.82) is 0 Å². The highest BCUT2D eigenvalue weighted by Crippen LogP contribution is 2.02. The summed E-state index contributed by atoms with van der Waals surface area (Å²) in [7, 11) is 0. The number of benzene rings is 1. The number of ether oxygens (including phenoxy) is 1. The molecule has 1 rings (SSSR count). The standard InChI is InChI=1S/C11H14FNO2/c1-2-15-7-6-13-11(14)9-4-3-5-10(12)8-9/h3-5,8H,2,6-7H2,1H3,(H,13,14). The second kappa shape index (κ2) is 6.14. The monoisotopic (exact) mass is 211 g/mol. The third-order valence-electron chi connectivity index (χ3n) is 1.82. The topological polar surface area (TPSA) is 38.3 Å². The number of halogens is 1. The van der Waals surface area contributed by atoms with Crippen molar-refractivity contribution in [3.05, 3.63) is 35.6 Å². The second-order valence-electron chi connectivity index (χ2n) is 2.96. The molecule has 0 saturated carbocycles. The molecule has 4 heteroatoms. The van der Waals surface area contributed by atoms with Gasteiger partial charge in [0.1, 0.15) is 5.82 Å². The molecule has 0 spiro atoms. The van der Waals surface area contributed by atoms with Gasteiger partial charge < -0.3 is 10.1 Å². The van der Waals surface area contributed by atoms with E-state index in [4.69, 9.17) is 4.74 Å². The zero-order valence-electron chi connectivity index (χ0n) is 8.63. The Balaban J connectivity index is 2.40. The minimum absolute atomic E-state index is 0.283. The van der Waals surface area contributed by atoms with Crippen LogP contribution in [0.5, 0.6) is 0 Å². The Hall–Kier alpha value is -1.42. The van der Waals surface area contributed by atoms with Gasteiger partial charge in [0.25, 0.3) is 5.91 Å². The third kappa shape index (κ3) is 4.08. The van der Waals surface area contributed by atoms with E-state index in [-0.39, 0.29) is 5.91 Å². The lowest BCUT2D eigenvalue weighted by Gasteiger charge is -2.04. The summed E-state index contributed by atoms with van der Waals surface area (Å²) in [6.45, 7) is 3.41. The Morgan fingerprint density at radius 1 is 1.53 bits per heavy atom. The molecular weight excluding hydrogens is 197 g/mol. The zero-order chi connectivity index (χ0) is 11.1. The van der Waals surface area contributed by atoms with Gasteiger partial charge in [-0.15, -0.1) is 0 Å². The van der Waals surface area contributed by atoms with E-state index in [0.717, 1.165) is 0 Å². The summed E-state index contributed by atoms with van der Waals surface area (Å²) >= 11 is 0. The molecule has 3 nitrogen and oxygen atoms in total. The van der Waals surface area contributed by atoms with Crippen LogP contribution in [0, 0.1) is 5.82 Å². The minimum atomic E-state index is -0.410. The van der Waals surface area contributed by atoms with Crippen molar-refractivity contribution < 1.29 is 13.9 Å². The van der Waals surface area contributed by atoms with Crippen LogP contribution < -0.4 is 5.32 Å². The quantitative estimate of drug-likeness (QED) is 0.751. The molecule has 0 heterocycles. The van der Waals surface area contributed by atoms with Crippen LogP contribution in [-0.2, 0) is 4.74 Å². The number of hydrogen-bond acceptors (Lipinski definition) is 2. The molecule has 1 amide bonds. The van der Waals surface area contributed by atoms with Crippen molar-refractivity contribution in [3.63, 3.8) is 0 Å². The van der Waals surface area contributed by atoms with E-state index in [2.05, 4.69) is 5.32 Å². The second-order valence-corrected chi connectivity index (χ2v) is 2.96. The molecule has 0 bridgehead atoms. The van der Waals surface area contributed by atoms with Crippen LogP contribution in [0.2, 0.25) is 0 Å². The molecule has 1 aromatic rings. The highest BCUT2D eigenvalue weighted by molar-refractivity contribution is 5.94. The highest BCUT2D eigenvalue weighted by atomic mass is 19.1. The van der Waals surface area contributed by atoms with Gasteiger partial charge in [-0.3, -0.25) is 4.79 Å². The first-order chi connectivity index (χ1) is 7.24. The van der Waals surface area contributed by atoms with Crippen molar-refractivity contribution in [2.75, 3.05) is 19.8 Å². The van der Waals surface area contributed by atoms with Gasteiger partial charge in [-0.2, -0.15) is 0 Å². The fourth-order valence-corrected chi connectivity index (χ4v) is 1.11. The lowest BCUT2D eigenvalue weighted by atomic mass is 10.2. The Morgan fingerprint density at radius 3 is 3.00 bits per heavy atom. The van der Waals surface area contributed by atoms with Crippen LogP contribution in [0.4, 0.5) is 4.39 Å². The summed E-state index contributed by atoms with van der Waals surface area (Å²) in [5.74, 6) is -0.693. The molecule has 0 saturated heterocycles. The first-order valence-corrected chi connectivity index (χ1v) is 4.85. The molecule has 1 aromatic carbocycles. The first kappa shape index (κ1) is 11.7. The molecule has 1 N–H and O–H groups in total. The predicted octanol–water partition coefficient (Wildman–Crippen LogP) is 1.59. The van der Waals surface area contributed by atoms with E-state index < -0.39 is 5.82 Å². The van der Waals surface area contributed by atoms with Gasteiger partial charge in [0.15, 0.2) is 0 Å². The molecule has 0 radical (unpaired) electrons. The number of carbonyl (C=O) groups excluding carboxylic acids is 1. The van der Waals surface area contributed by atoms with Gasteiger partial charge in [0.05, 0.1) is 6.61 Å². The fourth-order valence-electron chi connectivity index (χ4n) is 1.11. The smallest absolute Gasteiger partial charge is 0.251 e. The Labute approximate surface area is 88.2 Å². The van der Waals surface area contributed by atoms with Crippen molar-refractivity contribution in [3.8, 4) is 0 Å². The molecule has 0 atom stereocenters. The molecule has 0 aliphatic heterocycles. The average Bonchev–Trinajstić information content (AvgIpc) is 2.24. The number of nitrogens with one attached hydrogen (secondary N) is 1. The predicted molar refractivity (Wildman–Crippen MR) is 55.2 cm³/mol. The van der Waals surface area contributed by atoms with Gasteiger partial charge in [-0.1, -0.05) is 6.07 Å². The summed E-state index contributed by atoms with van der Waals surface area (Å²) in [5, 5.41) is 2.63. The Morgan fingerprint density at radius 2 is 2.33 bits per heavy atom. The van der Waals surface area contributed by atoms with E-state index in [9.17, 15) is 9.18 Å². The van der Waals surface area contributed by atoms with E-state index in [1.54, 1.807) is 6.07 Å². The van der Waals surface area contributed by atoms with Crippen LogP contribution >= 0.6 is 0 Å². The summed E-state index contributed by atoms with van der Waals surface area (Å²) in [4.78, 5) is 11.4. The molecule has 0 aliphatic carbocycles. The van der Waals surface area contributed by atoms with Crippen LogP contribution in [0.1, 0.15) is 17.3 Å². The largest absolute Gasteiger partial charge is 0.380 e. The van der Waals surface area contributed by atoms with Gasteiger partial charge >= 0.3 is 0 Å². The summed E-state index contributed by atoms with van der Waals surface area (Å²) < 4.78 is 17.8. The number of carbonyl (C=O) groups is 1. The Bertz CT molecular complexity index is 328. The molecule has 15 heavy (non-hydrogen) atoms. The summed E-state index contributed by atoms with van der Waals surface area (Å²) in [6, 6.07) is 5.58. The molecule has 82 valence electrons.